The van der Waals surface area contributed by atoms with Crippen LogP contribution in [0.1, 0.15) is 6.92 Å². The van der Waals surface area contributed by atoms with E-state index in [9.17, 15) is 28.1 Å². The number of imide groups is 1. The molecule has 21 heavy (non-hydrogen) atoms. The SMILES string of the molecule is CC1C(=O)NC(=O)CN1S(=O)(=O)c1ccccc1[N+](=O)[O-]. The highest BCUT2D eigenvalue weighted by atomic mass is 32.2. The number of nitrogens with zero attached hydrogens (tertiary/aromatic N) is 2. The van der Waals surface area contributed by atoms with E-state index in [1.54, 1.807) is 0 Å². The first-order chi connectivity index (χ1) is 9.75. The van der Waals surface area contributed by atoms with E-state index in [1.807, 2.05) is 5.32 Å². The fourth-order valence-electron chi connectivity index (χ4n) is 1.94. The minimum absolute atomic E-state index is 0.552. The lowest BCUT2D eigenvalue weighted by Crippen LogP contribution is -2.58. The second-order valence-corrected chi connectivity index (χ2v) is 6.22. The maximum absolute atomic E-state index is 12.5. The molecule has 2 rings (SSSR count). The minimum Gasteiger partial charge on any atom is -0.294 e. The van der Waals surface area contributed by atoms with Crippen molar-refractivity contribution in [1.29, 1.82) is 0 Å². The molecule has 1 aliphatic rings. The van der Waals surface area contributed by atoms with Gasteiger partial charge in [0.25, 0.3) is 15.7 Å². The number of amides is 2. The number of benzene rings is 1. The Labute approximate surface area is 119 Å². The first-order valence-corrected chi connectivity index (χ1v) is 7.28. The summed E-state index contributed by atoms with van der Waals surface area (Å²) in [6.45, 7) is 0.732. The molecule has 1 fully saturated rings. The van der Waals surface area contributed by atoms with Gasteiger partial charge in [-0.05, 0) is 13.0 Å². The van der Waals surface area contributed by atoms with E-state index in [2.05, 4.69) is 0 Å². The van der Waals surface area contributed by atoms with Crippen LogP contribution < -0.4 is 5.32 Å². The van der Waals surface area contributed by atoms with Gasteiger partial charge in [0, 0.05) is 6.07 Å². The van der Waals surface area contributed by atoms with Gasteiger partial charge in [0.05, 0.1) is 11.5 Å². The van der Waals surface area contributed by atoms with Gasteiger partial charge in [-0.15, -0.1) is 0 Å². The van der Waals surface area contributed by atoms with Gasteiger partial charge in [0.1, 0.15) is 6.04 Å². The smallest absolute Gasteiger partial charge is 0.289 e. The molecule has 112 valence electrons. The molecule has 9 nitrogen and oxygen atoms in total. The van der Waals surface area contributed by atoms with E-state index in [1.165, 1.54) is 19.1 Å². The standard InChI is InChI=1S/C11H11N3O6S/c1-7-11(16)12-10(15)6-13(7)21(19,20)9-5-3-2-4-8(9)14(17)18/h2-5,7H,6H2,1H3,(H,12,15,16). The van der Waals surface area contributed by atoms with Crippen LogP contribution in [0.4, 0.5) is 5.69 Å². The maximum atomic E-state index is 12.5. The monoisotopic (exact) mass is 313 g/mol. The Morgan fingerprint density at radius 2 is 1.95 bits per heavy atom. The van der Waals surface area contributed by atoms with Gasteiger partial charge in [-0.25, -0.2) is 8.42 Å². The van der Waals surface area contributed by atoms with Crippen molar-refractivity contribution in [2.45, 2.75) is 17.9 Å². The molecule has 0 saturated carbocycles. The number of sulfonamides is 1. The summed E-state index contributed by atoms with van der Waals surface area (Å²) < 4.78 is 25.7. The van der Waals surface area contributed by atoms with Gasteiger partial charge < -0.3 is 0 Å². The molecule has 1 aromatic rings. The van der Waals surface area contributed by atoms with Crippen LogP contribution in [0.5, 0.6) is 0 Å². The van der Waals surface area contributed by atoms with Crippen molar-refractivity contribution in [1.82, 2.24) is 9.62 Å². The van der Waals surface area contributed by atoms with Crippen molar-refractivity contribution in [3.8, 4) is 0 Å². The first kappa shape index (κ1) is 15.1. The molecular formula is C11H11N3O6S. The maximum Gasteiger partial charge on any atom is 0.289 e. The number of hydrogen-bond donors (Lipinski definition) is 1. The third-order valence-corrected chi connectivity index (χ3v) is 4.99. The van der Waals surface area contributed by atoms with Gasteiger partial charge in [-0.1, -0.05) is 12.1 Å². The van der Waals surface area contributed by atoms with Crippen LogP contribution in [0.15, 0.2) is 29.2 Å². The lowest BCUT2D eigenvalue weighted by atomic mass is 10.2. The summed E-state index contributed by atoms with van der Waals surface area (Å²) in [6.07, 6.45) is 0. The molecule has 1 N–H and O–H groups in total. The number of nitrogens with one attached hydrogen (secondary N) is 1. The fourth-order valence-corrected chi connectivity index (χ4v) is 3.65. The average Bonchev–Trinajstić information content (AvgIpc) is 2.42. The summed E-state index contributed by atoms with van der Waals surface area (Å²) in [4.78, 5) is 32.5. The Kier molecular flexibility index (Phi) is 3.75. The van der Waals surface area contributed by atoms with Crippen LogP contribution in [-0.2, 0) is 19.6 Å². The van der Waals surface area contributed by atoms with Gasteiger partial charge in [0.2, 0.25) is 11.8 Å². The minimum atomic E-state index is -4.34. The van der Waals surface area contributed by atoms with Gasteiger partial charge in [0.15, 0.2) is 4.90 Å². The third kappa shape index (κ3) is 2.62. The Hall–Kier alpha value is -2.33. The largest absolute Gasteiger partial charge is 0.294 e. The number of para-hydroxylation sites is 1. The predicted molar refractivity (Wildman–Crippen MR) is 69.6 cm³/mol. The number of piperazine rings is 1. The van der Waals surface area contributed by atoms with Gasteiger partial charge in [-0.3, -0.25) is 25.0 Å². The lowest BCUT2D eigenvalue weighted by Gasteiger charge is -2.30. The average molecular weight is 313 g/mol. The van der Waals surface area contributed by atoms with Crippen molar-refractivity contribution >= 4 is 27.5 Å². The zero-order chi connectivity index (χ0) is 15.8. The molecule has 10 heteroatoms. The van der Waals surface area contributed by atoms with Gasteiger partial charge >= 0.3 is 0 Å². The van der Waals surface area contributed by atoms with Crippen molar-refractivity contribution < 1.29 is 22.9 Å². The molecule has 0 spiro atoms. The van der Waals surface area contributed by atoms with E-state index in [0.717, 1.165) is 12.1 Å². The summed E-state index contributed by atoms with van der Waals surface area (Å²) in [7, 11) is -4.34. The van der Waals surface area contributed by atoms with E-state index < -0.39 is 49.9 Å². The molecule has 1 saturated heterocycles. The van der Waals surface area contributed by atoms with Crippen molar-refractivity contribution in [2.75, 3.05) is 6.54 Å². The molecule has 0 radical (unpaired) electrons. The molecule has 1 aliphatic heterocycles. The Bertz CT molecular complexity index is 729. The second kappa shape index (κ2) is 5.22. The molecule has 1 heterocycles. The molecule has 0 bridgehead atoms. The highest BCUT2D eigenvalue weighted by Gasteiger charge is 2.41. The van der Waals surface area contributed by atoms with Crippen LogP contribution in [0.25, 0.3) is 0 Å². The van der Waals surface area contributed by atoms with E-state index in [-0.39, 0.29) is 0 Å². The van der Waals surface area contributed by atoms with Crippen molar-refractivity contribution in [2.24, 2.45) is 0 Å². The van der Waals surface area contributed by atoms with Crippen LogP contribution in [0.3, 0.4) is 0 Å². The van der Waals surface area contributed by atoms with E-state index in [4.69, 9.17) is 0 Å². The molecular weight excluding hydrogens is 302 g/mol. The van der Waals surface area contributed by atoms with Gasteiger partial charge in [-0.2, -0.15) is 4.31 Å². The zero-order valence-corrected chi connectivity index (χ0v) is 11.7. The normalized spacial score (nSPS) is 20.1. The van der Waals surface area contributed by atoms with Crippen LogP contribution in [-0.4, -0.2) is 42.0 Å². The lowest BCUT2D eigenvalue weighted by molar-refractivity contribution is -0.387. The first-order valence-electron chi connectivity index (χ1n) is 5.84. The van der Waals surface area contributed by atoms with E-state index in [0.29, 0.717) is 4.31 Å². The summed E-state index contributed by atoms with van der Waals surface area (Å²) >= 11 is 0. The Morgan fingerprint density at radius 3 is 2.57 bits per heavy atom. The quantitative estimate of drug-likeness (QED) is 0.461. The number of carbonyl (C=O) groups excluding carboxylic acids is 2. The predicted octanol–water partition coefficient (Wildman–Crippen LogP) is -0.370. The van der Waals surface area contributed by atoms with Crippen molar-refractivity contribution in [3.05, 3.63) is 34.4 Å². The summed E-state index contributed by atoms with van der Waals surface area (Å²) in [6, 6.07) is 3.64. The topological polar surface area (TPSA) is 127 Å². The Morgan fingerprint density at radius 1 is 1.33 bits per heavy atom. The van der Waals surface area contributed by atoms with Crippen LogP contribution in [0, 0.1) is 10.1 Å². The summed E-state index contributed by atoms with van der Waals surface area (Å²) in [5.74, 6) is -1.55. The van der Waals surface area contributed by atoms with Crippen LogP contribution in [0.2, 0.25) is 0 Å². The number of hydrogen-bond acceptors (Lipinski definition) is 6. The molecule has 1 unspecified atom stereocenters. The third-order valence-electron chi connectivity index (χ3n) is 3.02. The molecule has 0 aliphatic carbocycles. The molecule has 0 aromatic heterocycles. The number of carbonyl (C=O) groups is 2. The Balaban J connectivity index is 2.54. The molecule has 1 aromatic carbocycles. The molecule has 1 atom stereocenters. The number of nitro benzene ring substituents is 1. The van der Waals surface area contributed by atoms with Crippen molar-refractivity contribution in [3.63, 3.8) is 0 Å². The fraction of sp³-hybridized carbons (Fsp3) is 0.273. The number of rotatable bonds is 3. The highest BCUT2D eigenvalue weighted by molar-refractivity contribution is 7.89. The number of nitro groups is 1. The van der Waals surface area contributed by atoms with E-state index >= 15 is 0 Å². The molecule has 2 amide bonds. The second-order valence-electron chi connectivity index (χ2n) is 4.36. The zero-order valence-electron chi connectivity index (χ0n) is 10.8. The summed E-state index contributed by atoms with van der Waals surface area (Å²) in [5.41, 5.74) is -0.608. The summed E-state index contributed by atoms with van der Waals surface area (Å²) in [5, 5.41) is 12.9. The van der Waals surface area contributed by atoms with Crippen LogP contribution >= 0.6 is 0 Å². The highest BCUT2D eigenvalue weighted by Crippen LogP contribution is 2.28.